The number of carbonyl (C=O) groups excluding carboxylic acids is 1. The molecular weight excluding hydrogens is 397 g/mol. The molecule has 0 N–H and O–H groups in total. The van der Waals surface area contributed by atoms with Crippen LogP contribution in [0.25, 0.3) is 0 Å². The van der Waals surface area contributed by atoms with Crippen molar-refractivity contribution in [1.29, 1.82) is 0 Å². The Morgan fingerprint density at radius 3 is 2.95 bits per heavy atom. The first kappa shape index (κ1) is 16.7. The minimum absolute atomic E-state index is 0.282. The Kier molecular flexibility index (Phi) is 6.17. The number of pyridine rings is 1. The molecule has 7 heteroatoms. The van der Waals surface area contributed by atoms with Crippen molar-refractivity contribution in [3.8, 4) is 0 Å². The van der Waals surface area contributed by atoms with Crippen molar-refractivity contribution in [2.45, 2.75) is 33.2 Å². The number of anilines is 1. The first-order valence-corrected chi connectivity index (χ1v) is 8.15. The van der Waals surface area contributed by atoms with Gasteiger partial charge in [0.25, 0.3) is 0 Å². The zero-order chi connectivity index (χ0) is 15.9. The Morgan fingerprint density at radius 1 is 1.50 bits per heavy atom. The van der Waals surface area contributed by atoms with E-state index in [1.165, 1.54) is 4.90 Å². The molecule has 0 bridgehead atoms. The topological polar surface area (TPSA) is 68.5 Å². The maximum atomic E-state index is 12.4. The second-order valence-electron chi connectivity index (χ2n) is 4.81. The first-order chi connectivity index (χ1) is 10.6. The fourth-order valence-electron chi connectivity index (χ4n) is 1.85. The summed E-state index contributed by atoms with van der Waals surface area (Å²) in [5.41, 5.74) is 1.37. The highest BCUT2D eigenvalue weighted by molar-refractivity contribution is 14.1. The van der Waals surface area contributed by atoms with Crippen molar-refractivity contribution in [1.82, 2.24) is 10.1 Å². The third-order valence-electron chi connectivity index (χ3n) is 2.98. The Labute approximate surface area is 143 Å². The van der Waals surface area contributed by atoms with Crippen molar-refractivity contribution in [2.24, 2.45) is 0 Å². The minimum Gasteiger partial charge on any atom is -0.449 e. The molecule has 118 valence electrons. The van der Waals surface area contributed by atoms with Crippen LogP contribution in [0.3, 0.4) is 0 Å². The van der Waals surface area contributed by atoms with Gasteiger partial charge in [-0.15, -0.1) is 0 Å². The Bertz CT molecular complexity index is 630. The molecule has 0 atom stereocenters. The standard InChI is InChI=1S/C15H18IN3O3/c1-3-4-7-21-15(20)19(10-12-8-11(2)22-18-12)14-9-17-6-5-13(14)16/h5-6,8-9H,3-4,7,10H2,1-2H3. The summed E-state index contributed by atoms with van der Waals surface area (Å²) in [4.78, 5) is 18.0. The molecule has 0 aliphatic rings. The molecule has 2 aromatic rings. The van der Waals surface area contributed by atoms with Gasteiger partial charge in [-0.2, -0.15) is 0 Å². The van der Waals surface area contributed by atoms with Gasteiger partial charge >= 0.3 is 6.09 Å². The molecular formula is C15H18IN3O3. The number of hydrogen-bond acceptors (Lipinski definition) is 5. The summed E-state index contributed by atoms with van der Waals surface area (Å²) in [5.74, 6) is 0.704. The van der Waals surface area contributed by atoms with E-state index in [0.29, 0.717) is 23.7 Å². The van der Waals surface area contributed by atoms with E-state index < -0.39 is 6.09 Å². The average Bonchev–Trinajstić information content (AvgIpc) is 2.91. The second kappa shape index (κ2) is 8.11. The van der Waals surface area contributed by atoms with E-state index in [0.717, 1.165) is 16.4 Å². The number of halogens is 1. The van der Waals surface area contributed by atoms with Crippen LogP contribution in [-0.2, 0) is 11.3 Å². The molecule has 0 spiro atoms. The molecule has 0 saturated heterocycles. The van der Waals surface area contributed by atoms with Gasteiger partial charge in [-0.1, -0.05) is 18.5 Å². The van der Waals surface area contributed by atoms with E-state index in [1.54, 1.807) is 18.5 Å². The van der Waals surface area contributed by atoms with Crippen LogP contribution in [0.15, 0.2) is 29.0 Å². The van der Waals surface area contributed by atoms with Crippen molar-refractivity contribution < 1.29 is 14.1 Å². The number of nitrogens with zero attached hydrogens (tertiary/aromatic N) is 3. The van der Waals surface area contributed by atoms with Crippen LogP contribution in [0.1, 0.15) is 31.2 Å². The predicted molar refractivity (Wildman–Crippen MR) is 90.6 cm³/mol. The van der Waals surface area contributed by atoms with E-state index in [9.17, 15) is 4.79 Å². The van der Waals surface area contributed by atoms with Crippen LogP contribution in [0.5, 0.6) is 0 Å². The number of unbranched alkanes of at least 4 members (excludes halogenated alkanes) is 1. The van der Waals surface area contributed by atoms with E-state index in [1.807, 2.05) is 19.9 Å². The summed E-state index contributed by atoms with van der Waals surface area (Å²) in [6, 6.07) is 3.64. The maximum Gasteiger partial charge on any atom is 0.414 e. The van der Waals surface area contributed by atoms with E-state index in [-0.39, 0.29) is 6.54 Å². The Hall–Kier alpha value is -1.64. The van der Waals surface area contributed by atoms with Gasteiger partial charge < -0.3 is 9.26 Å². The molecule has 2 heterocycles. The normalized spacial score (nSPS) is 10.5. The lowest BCUT2D eigenvalue weighted by molar-refractivity contribution is 0.151. The SMILES string of the molecule is CCCCOC(=O)N(Cc1cc(C)on1)c1cnccc1I. The number of hydrogen-bond donors (Lipinski definition) is 0. The lowest BCUT2D eigenvalue weighted by Gasteiger charge is -2.21. The zero-order valence-corrected chi connectivity index (χ0v) is 14.7. The smallest absolute Gasteiger partial charge is 0.414 e. The maximum absolute atomic E-state index is 12.4. The molecule has 22 heavy (non-hydrogen) atoms. The lowest BCUT2D eigenvalue weighted by Crippen LogP contribution is -2.32. The number of aromatic nitrogens is 2. The molecule has 0 aliphatic heterocycles. The van der Waals surface area contributed by atoms with E-state index in [2.05, 4.69) is 32.7 Å². The monoisotopic (exact) mass is 415 g/mol. The van der Waals surface area contributed by atoms with Gasteiger partial charge in [0.05, 0.1) is 25.0 Å². The quantitative estimate of drug-likeness (QED) is 0.529. The Balaban J connectivity index is 2.20. The van der Waals surface area contributed by atoms with Crippen LogP contribution >= 0.6 is 22.6 Å². The molecule has 1 amide bonds. The van der Waals surface area contributed by atoms with Gasteiger partial charge in [-0.3, -0.25) is 9.88 Å². The van der Waals surface area contributed by atoms with E-state index in [4.69, 9.17) is 9.26 Å². The average molecular weight is 415 g/mol. The molecule has 0 aromatic carbocycles. The summed E-state index contributed by atoms with van der Waals surface area (Å²) < 4.78 is 11.3. The van der Waals surface area contributed by atoms with Gasteiger partial charge in [0.15, 0.2) is 0 Å². The number of rotatable bonds is 6. The minimum atomic E-state index is -0.403. The molecule has 0 radical (unpaired) electrons. The zero-order valence-electron chi connectivity index (χ0n) is 12.6. The summed E-state index contributed by atoms with van der Waals surface area (Å²) in [5, 5.41) is 3.94. The third-order valence-corrected chi connectivity index (χ3v) is 3.89. The van der Waals surface area contributed by atoms with Crippen LogP contribution in [0, 0.1) is 10.5 Å². The van der Waals surface area contributed by atoms with Crippen LogP contribution in [0.2, 0.25) is 0 Å². The number of carbonyl (C=O) groups is 1. The van der Waals surface area contributed by atoms with Gasteiger partial charge in [-0.25, -0.2) is 4.79 Å². The second-order valence-corrected chi connectivity index (χ2v) is 5.97. The van der Waals surface area contributed by atoms with E-state index >= 15 is 0 Å². The highest BCUT2D eigenvalue weighted by atomic mass is 127. The Morgan fingerprint density at radius 2 is 2.32 bits per heavy atom. The van der Waals surface area contributed by atoms with Gasteiger partial charge in [-0.05, 0) is 42.0 Å². The summed E-state index contributed by atoms with van der Waals surface area (Å²) in [6.45, 7) is 4.55. The van der Waals surface area contributed by atoms with Crippen molar-refractivity contribution >= 4 is 34.4 Å². The molecule has 0 aliphatic carbocycles. The van der Waals surface area contributed by atoms with Gasteiger partial charge in [0.1, 0.15) is 11.5 Å². The largest absolute Gasteiger partial charge is 0.449 e. The van der Waals surface area contributed by atoms with Crippen LogP contribution in [0.4, 0.5) is 10.5 Å². The van der Waals surface area contributed by atoms with Crippen LogP contribution in [-0.4, -0.2) is 22.8 Å². The predicted octanol–water partition coefficient (Wildman–Crippen LogP) is 3.93. The number of aryl methyl sites for hydroxylation is 1. The van der Waals surface area contributed by atoms with Gasteiger partial charge in [0, 0.05) is 15.8 Å². The number of ether oxygens (including phenoxy) is 1. The van der Waals surface area contributed by atoms with Crippen molar-refractivity contribution in [3.05, 3.63) is 39.6 Å². The number of amides is 1. The highest BCUT2D eigenvalue weighted by Gasteiger charge is 2.21. The van der Waals surface area contributed by atoms with Crippen molar-refractivity contribution in [3.63, 3.8) is 0 Å². The van der Waals surface area contributed by atoms with Gasteiger partial charge in [0.2, 0.25) is 0 Å². The lowest BCUT2D eigenvalue weighted by atomic mass is 10.3. The first-order valence-electron chi connectivity index (χ1n) is 7.07. The molecule has 2 aromatic heterocycles. The fourth-order valence-corrected chi connectivity index (χ4v) is 2.44. The third kappa shape index (κ3) is 4.43. The van der Waals surface area contributed by atoms with Crippen molar-refractivity contribution in [2.75, 3.05) is 11.5 Å². The molecule has 6 nitrogen and oxygen atoms in total. The summed E-state index contributed by atoms with van der Waals surface area (Å²) in [6.07, 6.45) is 4.74. The van der Waals surface area contributed by atoms with Crippen LogP contribution < -0.4 is 4.90 Å². The molecule has 0 fully saturated rings. The highest BCUT2D eigenvalue weighted by Crippen LogP contribution is 2.23. The fraction of sp³-hybridized carbons (Fsp3) is 0.400. The molecule has 0 unspecified atom stereocenters. The summed E-state index contributed by atoms with van der Waals surface area (Å²) >= 11 is 2.17. The molecule has 0 saturated carbocycles. The summed E-state index contributed by atoms with van der Waals surface area (Å²) in [7, 11) is 0. The molecule has 2 rings (SSSR count).